The smallest absolute Gasteiger partial charge is 0.182 e. The number of fused-ring (bicyclic) bond motifs is 2. The minimum Gasteiger partial charge on any atom is -0.361 e. The Hall–Kier alpha value is -3.36. The summed E-state index contributed by atoms with van der Waals surface area (Å²) in [6.07, 6.45) is 7.17. The van der Waals surface area contributed by atoms with Crippen LogP contribution in [-0.2, 0) is 12.8 Å². The van der Waals surface area contributed by atoms with Gasteiger partial charge in [-0.15, -0.1) is 0 Å². The van der Waals surface area contributed by atoms with Crippen LogP contribution >= 0.6 is 0 Å². The fraction of sp³-hybridized carbons (Fsp3) is 0.273. The van der Waals surface area contributed by atoms with E-state index in [0.717, 1.165) is 52.8 Å². The zero-order chi connectivity index (χ0) is 20.5. The van der Waals surface area contributed by atoms with Gasteiger partial charge in [0.05, 0.1) is 5.52 Å². The minimum absolute atomic E-state index is 0.160. The molecule has 1 aliphatic rings. The van der Waals surface area contributed by atoms with Gasteiger partial charge in [0.25, 0.3) is 0 Å². The van der Waals surface area contributed by atoms with E-state index in [-0.39, 0.29) is 6.04 Å². The molecule has 2 unspecified atom stereocenters. The molecule has 152 valence electrons. The van der Waals surface area contributed by atoms with Crippen LogP contribution in [0.1, 0.15) is 23.4 Å². The van der Waals surface area contributed by atoms with Crippen molar-refractivity contribution in [3.63, 3.8) is 0 Å². The molecular formula is C22H23N7O. The summed E-state index contributed by atoms with van der Waals surface area (Å²) in [6, 6.07) is 10.0. The summed E-state index contributed by atoms with van der Waals surface area (Å²) < 4.78 is 0. The molecule has 4 N–H and O–H groups in total. The second kappa shape index (κ2) is 7.81. The maximum absolute atomic E-state index is 10.5. The summed E-state index contributed by atoms with van der Waals surface area (Å²) in [5.74, 6) is 0.568. The Kier molecular flexibility index (Phi) is 4.86. The van der Waals surface area contributed by atoms with E-state index in [1.54, 1.807) is 12.4 Å². The molecule has 0 aliphatic heterocycles. The number of aliphatic hydroxyl groups excluding tert-OH is 1. The number of nitrogens with one attached hydrogen (secondary N) is 3. The Morgan fingerprint density at radius 3 is 3.00 bits per heavy atom. The van der Waals surface area contributed by atoms with E-state index >= 15 is 0 Å². The molecule has 5 rings (SSSR count). The van der Waals surface area contributed by atoms with Crippen LogP contribution in [0.2, 0.25) is 0 Å². The topological polar surface area (TPSA) is 112 Å². The first-order valence-electron chi connectivity index (χ1n) is 10.1. The summed E-state index contributed by atoms with van der Waals surface area (Å²) in [4.78, 5) is 13.2. The highest BCUT2D eigenvalue weighted by Crippen LogP contribution is 2.27. The number of pyridine rings is 3. The Labute approximate surface area is 173 Å². The molecule has 0 fully saturated rings. The van der Waals surface area contributed by atoms with Crippen LogP contribution < -0.4 is 10.6 Å². The molecule has 0 saturated carbocycles. The van der Waals surface area contributed by atoms with E-state index in [1.807, 2.05) is 37.4 Å². The van der Waals surface area contributed by atoms with Gasteiger partial charge in [0.2, 0.25) is 0 Å². The summed E-state index contributed by atoms with van der Waals surface area (Å²) >= 11 is 0. The van der Waals surface area contributed by atoms with Gasteiger partial charge < -0.3 is 10.4 Å². The van der Waals surface area contributed by atoms with Crippen LogP contribution in [0.3, 0.4) is 0 Å². The Balaban J connectivity index is 1.28. The molecule has 0 aromatic carbocycles. The van der Waals surface area contributed by atoms with Crippen molar-refractivity contribution < 1.29 is 5.11 Å². The Bertz CT molecular complexity index is 1190. The van der Waals surface area contributed by atoms with E-state index in [0.29, 0.717) is 5.82 Å². The number of anilines is 1. The summed E-state index contributed by atoms with van der Waals surface area (Å²) in [5, 5.41) is 25.1. The minimum atomic E-state index is -0.907. The molecule has 2 atom stereocenters. The van der Waals surface area contributed by atoms with Crippen molar-refractivity contribution in [2.45, 2.75) is 38.6 Å². The van der Waals surface area contributed by atoms with Crippen LogP contribution in [0.5, 0.6) is 0 Å². The first-order chi connectivity index (χ1) is 14.7. The number of aliphatic hydroxyl groups is 1. The van der Waals surface area contributed by atoms with Gasteiger partial charge >= 0.3 is 0 Å². The van der Waals surface area contributed by atoms with Crippen molar-refractivity contribution in [3.8, 4) is 11.3 Å². The van der Waals surface area contributed by atoms with Crippen molar-refractivity contribution in [2.75, 3.05) is 5.32 Å². The van der Waals surface area contributed by atoms with Gasteiger partial charge in [-0.05, 0) is 43.5 Å². The SMILES string of the molecule is Cc1cc(-c2n[nH]c3cc(NC(O)NC4CCc5cccnc5C4)ncc23)ccn1. The van der Waals surface area contributed by atoms with Crippen molar-refractivity contribution in [3.05, 3.63) is 65.9 Å². The highest BCUT2D eigenvalue weighted by Gasteiger charge is 2.21. The third-order valence-corrected chi connectivity index (χ3v) is 5.48. The fourth-order valence-electron chi connectivity index (χ4n) is 4.00. The molecular weight excluding hydrogens is 378 g/mol. The predicted molar refractivity (Wildman–Crippen MR) is 115 cm³/mol. The second-order valence-electron chi connectivity index (χ2n) is 7.64. The number of aromatic amines is 1. The zero-order valence-electron chi connectivity index (χ0n) is 16.6. The molecule has 4 aromatic heterocycles. The fourth-order valence-corrected chi connectivity index (χ4v) is 4.00. The first-order valence-corrected chi connectivity index (χ1v) is 10.1. The van der Waals surface area contributed by atoms with Gasteiger partial charge in [-0.1, -0.05) is 6.07 Å². The van der Waals surface area contributed by atoms with E-state index < -0.39 is 6.35 Å². The van der Waals surface area contributed by atoms with Gasteiger partial charge in [-0.3, -0.25) is 20.4 Å². The number of aryl methyl sites for hydroxylation is 2. The molecule has 30 heavy (non-hydrogen) atoms. The maximum atomic E-state index is 10.5. The van der Waals surface area contributed by atoms with Gasteiger partial charge in [-0.25, -0.2) is 4.98 Å². The van der Waals surface area contributed by atoms with Gasteiger partial charge in [0.1, 0.15) is 11.5 Å². The van der Waals surface area contributed by atoms with Crippen molar-refractivity contribution in [1.82, 2.24) is 30.5 Å². The Morgan fingerprint density at radius 2 is 2.10 bits per heavy atom. The molecule has 0 bridgehead atoms. The number of nitrogens with zero attached hydrogens (tertiary/aromatic N) is 4. The summed E-state index contributed by atoms with van der Waals surface area (Å²) in [6.45, 7) is 1.95. The van der Waals surface area contributed by atoms with Gasteiger partial charge in [-0.2, -0.15) is 5.10 Å². The van der Waals surface area contributed by atoms with Gasteiger partial charge in [0.15, 0.2) is 6.35 Å². The molecule has 0 radical (unpaired) electrons. The predicted octanol–water partition coefficient (Wildman–Crippen LogP) is 2.56. The third kappa shape index (κ3) is 3.74. The van der Waals surface area contributed by atoms with Crippen LogP contribution in [0, 0.1) is 6.92 Å². The molecule has 4 aromatic rings. The van der Waals surface area contributed by atoms with E-state index in [4.69, 9.17) is 0 Å². The highest BCUT2D eigenvalue weighted by atomic mass is 16.3. The zero-order valence-corrected chi connectivity index (χ0v) is 16.6. The van der Waals surface area contributed by atoms with Crippen LogP contribution in [0.15, 0.2) is 48.9 Å². The summed E-state index contributed by atoms with van der Waals surface area (Å²) in [5.41, 5.74) is 6.00. The quantitative estimate of drug-likeness (QED) is 0.380. The lowest BCUT2D eigenvalue weighted by Crippen LogP contribution is -2.45. The highest BCUT2D eigenvalue weighted by molar-refractivity contribution is 5.93. The van der Waals surface area contributed by atoms with E-state index in [9.17, 15) is 5.11 Å². The number of H-pyrrole nitrogens is 1. The molecule has 4 heterocycles. The van der Waals surface area contributed by atoms with Crippen molar-refractivity contribution in [2.24, 2.45) is 0 Å². The molecule has 0 spiro atoms. The third-order valence-electron chi connectivity index (χ3n) is 5.48. The standard InChI is InChI=1S/C22H23N7O/c1-13-9-15(6-8-23-13)21-17-12-25-20(11-19(17)28-29-21)27-22(30)26-16-5-4-14-3-2-7-24-18(14)10-16/h2-3,6-9,11-12,16,22,26,30H,4-5,10H2,1H3,(H,25,27)(H,28,29). The van der Waals surface area contributed by atoms with Crippen molar-refractivity contribution in [1.29, 1.82) is 0 Å². The largest absolute Gasteiger partial charge is 0.361 e. The number of hydrogen-bond donors (Lipinski definition) is 4. The number of aromatic nitrogens is 5. The number of rotatable bonds is 5. The maximum Gasteiger partial charge on any atom is 0.182 e. The van der Waals surface area contributed by atoms with Gasteiger partial charge in [0, 0.05) is 59.5 Å². The van der Waals surface area contributed by atoms with E-state index in [1.165, 1.54) is 5.56 Å². The van der Waals surface area contributed by atoms with Crippen molar-refractivity contribution >= 4 is 16.7 Å². The number of hydrogen-bond acceptors (Lipinski definition) is 7. The average molecular weight is 401 g/mol. The monoisotopic (exact) mass is 401 g/mol. The lowest BCUT2D eigenvalue weighted by atomic mass is 9.92. The van der Waals surface area contributed by atoms with Crippen LogP contribution in [0.4, 0.5) is 5.82 Å². The lowest BCUT2D eigenvalue weighted by Gasteiger charge is -2.27. The normalized spacial score (nSPS) is 16.9. The summed E-state index contributed by atoms with van der Waals surface area (Å²) in [7, 11) is 0. The lowest BCUT2D eigenvalue weighted by molar-refractivity contribution is 0.144. The van der Waals surface area contributed by atoms with Crippen LogP contribution in [-0.4, -0.2) is 42.6 Å². The molecule has 8 nitrogen and oxygen atoms in total. The Morgan fingerprint density at radius 1 is 1.17 bits per heavy atom. The van der Waals surface area contributed by atoms with Crippen LogP contribution in [0.25, 0.3) is 22.2 Å². The second-order valence-corrected chi connectivity index (χ2v) is 7.64. The average Bonchev–Trinajstić information content (AvgIpc) is 3.17. The molecule has 0 saturated heterocycles. The molecule has 1 aliphatic carbocycles. The first kappa shape index (κ1) is 18.7. The van der Waals surface area contributed by atoms with E-state index in [2.05, 4.69) is 41.8 Å². The molecule has 0 amide bonds. The molecule has 8 heteroatoms.